The van der Waals surface area contributed by atoms with E-state index in [1.54, 1.807) is 0 Å². The maximum absolute atomic E-state index is 6.81. The molecule has 272 valence electrons. The van der Waals surface area contributed by atoms with Crippen LogP contribution in [-0.2, 0) is 54.8 Å². The number of benzene rings is 4. The molecule has 0 radical (unpaired) electrons. The zero-order valence-corrected chi connectivity index (χ0v) is 31.5. The first kappa shape index (κ1) is 38.5. The molecule has 6 rings (SSSR count). The Kier molecular flexibility index (Phi) is 14.9. The lowest BCUT2D eigenvalue weighted by molar-refractivity contribution is -0.330. The normalized spacial score (nSPS) is 22.6. The molecule has 51 heavy (non-hydrogen) atoms. The Bertz CT molecular complexity index is 1600. The molecule has 0 aromatic heterocycles. The maximum atomic E-state index is 6.81. The van der Waals surface area contributed by atoms with E-state index in [9.17, 15) is 0 Å². The van der Waals surface area contributed by atoms with Crippen LogP contribution in [0.1, 0.15) is 54.4 Å². The third-order valence-corrected chi connectivity index (χ3v) is 10.4. The fourth-order valence-electron chi connectivity index (χ4n) is 6.49. The summed E-state index contributed by atoms with van der Waals surface area (Å²) in [6, 6.07) is 30.5. The predicted octanol–water partition coefficient (Wildman–Crippen LogP) is 10.9. The topological polar surface area (TPSA) is 55.4 Å². The van der Waals surface area contributed by atoms with Crippen molar-refractivity contribution in [2.75, 3.05) is 13.2 Å². The van der Waals surface area contributed by atoms with Crippen molar-refractivity contribution in [2.24, 2.45) is 5.92 Å². The molecule has 2 fully saturated rings. The van der Waals surface area contributed by atoms with Gasteiger partial charge in [0.15, 0.2) is 6.29 Å². The maximum Gasteiger partial charge on any atom is 0.186 e. The van der Waals surface area contributed by atoms with E-state index in [1.807, 2.05) is 97.1 Å². The van der Waals surface area contributed by atoms with Gasteiger partial charge in [-0.2, -0.15) is 0 Å². The van der Waals surface area contributed by atoms with Crippen molar-refractivity contribution < 1.29 is 28.4 Å². The second-order valence-corrected chi connectivity index (χ2v) is 15.0. The Labute approximate surface area is 321 Å². The van der Waals surface area contributed by atoms with Crippen LogP contribution in [0.3, 0.4) is 0 Å². The van der Waals surface area contributed by atoms with E-state index < -0.39 is 30.7 Å². The van der Waals surface area contributed by atoms with Crippen molar-refractivity contribution in [3.63, 3.8) is 0 Å². The van der Waals surface area contributed by atoms with Crippen LogP contribution in [0.25, 0.3) is 0 Å². The van der Waals surface area contributed by atoms with Crippen LogP contribution in [0, 0.1) is 5.92 Å². The highest BCUT2D eigenvalue weighted by atomic mass is 35.5. The highest BCUT2D eigenvalue weighted by molar-refractivity contribution is 6.31. The van der Waals surface area contributed by atoms with Gasteiger partial charge in [0.25, 0.3) is 0 Å². The summed E-state index contributed by atoms with van der Waals surface area (Å²) in [5, 5.41) is 2.65. The predicted molar refractivity (Wildman–Crippen MR) is 202 cm³/mol. The molecule has 1 heterocycles. The van der Waals surface area contributed by atoms with Gasteiger partial charge in [0, 0.05) is 20.1 Å². The molecule has 0 bridgehead atoms. The Morgan fingerprint density at radius 1 is 0.451 bits per heavy atom. The Hall–Kier alpha value is -2.20. The summed E-state index contributed by atoms with van der Waals surface area (Å²) in [6.45, 7) is 2.10. The van der Waals surface area contributed by atoms with Crippen molar-refractivity contribution in [3.05, 3.63) is 139 Å². The zero-order chi connectivity index (χ0) is 35.4. The van der Waals surface area contributed by atoms with Gasteiger partial charge in [-0.1, -0.05) is 114 Å². The minimum Gasteiger partial charge on any atom is -0.374 e. The fourth-order valence-corrected chi connectivity index (χ4v) is 7.00. The Morgan fingerprint density at radius 2 is 0.863 bits per heavy atom. The number of halogens is 4. The highest BCUT2D eigenvalue weighted by Crippen LogP contribution is 2.33. The van der Waals surface area contributed by atoms with Crippen LogP contribution < -0.4 is 0 Å². The van der Waals surface area contributed by atoms with Crippen LogP contribution in [0.2, 0.25) is 20.1 Å². The molecule has 1 saturated heterocycles. The van der Waals surface area contributed by atoms with Crippen LogP contribution in [0.4, 0.5) is 0 Å². The SMILES string of the molecule is Clc1ccc(COC[C@H]2O[C@@H](OCC3CCCCC3)[C@H](OCc3ccc(Cl)cc3)[C@@H](OCc3ccc(Cl)cc3)[C@@H]2OCc2ccc(Cl)cc2)cc1. The van der Waals surface area contributed by atoms with Gasteiger partial charge in [-0.25, -0.2) is 0 Å². The van der Waals surface area contributed by atoms with E-state index in [0.717, 1.165) is 35.1 Å². The van der Waals surface area contributed by atoms with Crippen molar-refractivity contribution in [1.29, 1.82) is 0 Å². The number of ether oxygens (including phenoxy) is 6. The molecule has 6 nitrogen and oxygen atoms in total. The smallest absolute Gasteiger partial charge is 0.186 e. The summed E-state index contributed by atoms with van der Waals surface area (Å²) in [4.78, 5) is 0. The Morgan fingerprint density at radius 3 is 1.33 bits per heavy atom. The van der Waals surface area contributed by atoms with E-state index in [1.165, 1.54) is 19.3 Å². The van der Waals surface area contributed by atoms with E-state index in [0.29, 0.717) is 59.0 Å². The first-order chi connectivity index (χ1) is 24.9. The van der Waals surface area contributed by atoms with Gasteiger partial charge in [0.1, 0.15) is 24.4 Å². The molecule has 5 atom stereocenters. The fraction of sp³-hybridized carbons (Fsp3) is 0.415. The van der Waals surface area contributed by atoms with E-state index in [2.05, 4.69) is 0 Å². The zero-order valence-electron chi connectivity index (χ0n) is 28.4. The average Bonchev–Trinajstić information content (AvgIpc) is 3.15. The van der Waals surface area contributed by atoms with Crippen LogP contribution in [-0.4, -0.2) is 43.9 Å². The molecule has 0 unspecified atom stereocenters. The quantitative estimate of drug-likeness (QED) is 0.113. The summed E-state index contributed by atoms with van der Waals surface area (Å²) in [5.41, 5.74) is 3.90. The average molecular weight is 775 g/mol. The van der Waals surface area contributed by atoms with Gasteiger partial charge in [-0.15, -0.1) is 0 Å². The van der Waals surface area contributed by atoms with Crippen LogP contribution >= 0.6 is 46.4 Å². The van der Waals surface area contributed by atoms with E-state index in [4.69, 9.17) is 74.8 Å². The lowest BCUT2D eigenvalue weighted by atomic mass is 9.90. The molecule has 0 spiro atoms. The number of hydrogen-bond acceptors (Lipinski definition) is 6. The Balaban J connectivity index is 1.29. The molecule has 1 aliphatic heterocycles. The first-order valence-electron chi connectivity index (χ1n) is 17.6. The standard InChI is InChI=1S/C41H44Cl4O6/c42-33-14-6-29(7-15-33)22-46-27-37-38(47-23-30-8-16-34(43)17-9-30)39(48-24-31-10-18-35(44)19-11-31)40(49-25-32-12-20-36(45)21-13-32)41(51-37)50-26-28-4-2-1-3-5-28/h6-21,28,37-41H,1-5,22-27H2/t37-,38-,39+,40-,41-/m1/s1. The van der Waals surface area contributed by atoms with Crippen molar-refractivity contribution in [3.8, 4) is 0 Å². The summed E-state index contributed by atoms with van der Waals surface area (Å²) < 4.78 is 40.1. The molecule has 0 amide bonds. The molecule has 2 aliphatic rings. The summed E-state index contributed by atoms with van der Waals surface area (Å²) in [6.07, 6.45) is 2.91. The van der Waals surface area contributed by atoms with Crippen molar-refractivity contribution >= 4 is 46.4 Å². The van der Waals surface area contributed by atoms with E-state index in [-0.39, 0.29) is 6.61 Å². The molecular weight excluding hydrogens is 730 g/mol. The van der Waals surface area contributed by atoms with Gasteiger partial charge in [0.05, 0.1) is 39.6 Å². The molecule has 0 N–H and O–H groups in total. The minimum atomic E-state index is -0.728. The highest BCUT2D eigenvalue weighted by Gasteiger charge is 2.49. The summed E-state index contributed by atoms with van der Waals surface area (Å²) >= 11 is 24.7. The van der Waals surface area contributed by atoms with Crippen molar-refractivity contribution in [2.45, 2.75) is 89.2 Å². The summed E-state index contributed by atoms with van der Waals surface area (Å²) in [5.74, 6) is 0.464. The second kappa shape index (κ2) is 19.8. The van der Waals surface area contributed by atoms with Gasteiger partial charge >= 0.3 is 0 Å². The van der Waals surface area contributed by atoms with Crippen LogP contribution in [0.5, 0.6) is 0 Å². The van der Waals surface area contributed by atoms with Gasteiger partial charge in [0.2, 0.25) is 0 Å². The summed E-state index contributed by atoms with van der Waals surface area (Å²) in [7, 11) is 0. The lowest BCUT2D eigenvalue weighted by Gasteiger charge is -2.46. The van der Waals surface area contributed by atoms with Crippen LogP contribution in [0.15, 0.2) is 97.1 Å². The molecule has 4 aromatic carbocycles. The van der Waals surface area contributed by atoms with Gasteiger partial charge in [-0.3, -0.25) is 0 Å². The molecule has 4 aromatic rings. The number of hydrogen-bond donors (Lipinski definition) is 0. The molecule has 10 heteroatoms. The molecular formula is C41H44Cl4O6. The molecule has 1 aliphatic carbocycles. The van der Waals surface area contributed by atoms with E-state index >= 15 is 0 Å². The molecule has 1 saturated carbocycles. The first-order valence-corrected chi connectivity index (χ1v) is 19.1. The largest absolute Gasteiger partial charge is 0.374 e. The van der Waals surface area contributed by atoms with Gasteiger partial charge < -0.3 is 28.4 Å². The lowest BCUT2D eigenvalue weighted by Crippen LogP contribution is -2.62. The number of rotatable bonds is 16. The minimum absolute atomic E-state index is 0.238. The van der Waals surface area contributed by atoms with Crippen molar-refractivity contribution in [1.82, 2.24) is 0 Å². The third-order valence-electron chi connectivity index (χ3n) is 9.34. The second-order valence-electron chi connectivity index (χ2n) is 13.2. The monoisotopic (exact) mass is 772 g/mol. The third kappa shape index (κ3) is 11.9. The van der Waals surface area contributed by atoms with Gasteiger partial charge in [-0.05, 0) is 89.5 Å².